The number of amides is 1. The molecule has 6 nitrogen and oxygen atoms in total. The first-order valence-corrected chi connectivity index (χ1v) is 10.2. The summed E-state index contributed by atoms with van der Waals surface area (Å²) in [7, 11) is 3.24. The Bertz CT molecular complexity index is 1010. The summed E-state index contributed by atoms with van der Waals surface area (Å²) in [5.41, 5.74) is 1.65. The van der Waals surface area contributed by atoms with E-state index >= 15 is 0 Å². The van der Waals surface area contributed by atoms with E-state index < -0.39 is 0 Å². The van der Waals surface area contributed by atoms with Crippen LogP contribution in [0.25, 0.3) is 0 Å². The van der Waals surface area contributed by atoms with Gasteiger partial charge in [0, 0.05) is 13.0 Å². The first-order valence-electron chi connectivity index (χ1n) is 10.2. The van der Waals surface area contributed by atoms with Crippen LogP contribution >= 0.6 is 0 Å². The third-order valence-electron chi connectivity index (χ3n) is 5.47. The predicted molar refractivity (Wildman–Crippen MR) is 113 cm³/mol. The van der Waals surface area contributed by atoms with Gasteiger partial charge in [-0.25, -0.2) is 4.98 Å². The van der Waals surface area contributed by atoms with Gasteiger partial charge in [0.15, 0.2) is 0 Å². The molecular weight excluding hydrogens is 380 g/mol. The van der Waals surface area contributed by atoms with Crippen LogP contribution in [0.4, 0.5) is 0 Å². The van der Waals surface area contributed by atoms with E-state index in [1.165, 1.54) is 0 Å². The first kappa shape index (κ1) is 20.0. The van der Waals surface area contributed by atoms with Crippen molar-refractivity contribution in [2.45, 2.75) is 31.7 Å². The molecule has 1 aliphatic rings. The van der Waals surface area contributed by atoms with Crippen molar-refractivity contribution in [3.63, 3.8) is 0 Å². The van der Waals surface area contributed by atoms with Gasteiger partial charge in [0.2, 0.25) is 5.89 Å². The van der Waals surface area contributed by atoms with Gasteiger partial charge in [0.25, 0.3) is 5.91 Å². The second kappa shape index (κ2) is 9.03. The van der Waals surface area contributed by atoms with E-state index in [2.05, 4.69) is 4.98 Å². The standard InChI is InChI=1S/C24H26N2O4/c1-28-18-9-7-8-17(14-18)15-19-16-25-23(30-19)21-11-5-6-13-26(21)24(27)20-10-3-4-12-22(20)29-2/h3-4,7-10,12,14,16,21H,5-6,11,13,15H2,1-2H3/t21-/m1/s1. The Kier molecular flexibility index (Phi) is 6.02. The molecule has 0 radical (unpaired) electrons. The molecule has 1 atom stereocenters. The van der Waals surface area contributed by atoms with E-state index in [9.17, 15) is 4.79 Å². The molecule has 1 saturated heterocycles. The fourth-order valence-electron chi connectivity index (χ4n) is 3.95. The summed E-state index contributed by atoms with van der Waals surface area (Å²) < 4.78 is 16.8. The van der Waals surface area contributed by atoms with Gasteiger partial charge in [-0.15, -0.1) is 0 Å². The molecule has 0 aliphatic carbocycles. The average Bonchev–Trinajstić information content (AvgIpc) is 3.27. The molecule has 6 heteroatoms. The lowest BCUT2D eigenvalue weighted by Gasteiger charge is -2.34. The van der Waals surface area contributed by atoms with Crippen molar-refractivity contribution in [1.82, 2.24) is 9.88 Å². The van der Waals surface area contributed by atoms with Crippen molar-refractivity contribution in [2.75, 3.05) is 20.8 Å². The van der Waals surface area contributed by atoms with Gasteiger partial charge in [-0.2, -0.15) is 0 Å². The maximum Gasteiger partial charge on any atom is 0.258 e. The number of hydrogen-bond acceptors (Lipinski definition) is 5. The Balaban J connectivity index is 1.55. The second-order valence-corrected chi connectivity index (χ2v) is 7.40. The second-order valence-electron chi connectivity index (χ2n) is 7.40. The minimum atomic E-state index is -0.171. The number of carbonyl (C=O) groups excluding carboxylic acids is 1. The molecule has 0 N–H and O–H groups in total. The van der Waals surface area contributed by atoms with E-state index in [4.69, 9.17) is 13.9 Å². The zero-order valence-electron chi connectivity index (χ0n) is 17.3. The van der Waals surface area contributed by atoms with Crippen LogP contribution < -0.4 is 9.47 Å². The first-order chi connectivity index (χ1) is 14.7. The van der Waals surface area contributed by atoms with Gasteiger partial charge < -0.3 is 18.8 Å². The largest absolute Gasteiger partial charge is 0.497 e. The van der Waals surface area contributed by atoms with Gasteiger partial charge >= 0.3 is 0 Å². The van der Waals surface area contributed by atoms with Crippen molar-refractivity contribution in [3.8, 4) is 11.5 Å². The van der Waals surface area contributed by atoms with Crippen molar-refractivity contribution in [1.29, 1.82) is 0 Å². The number of benzene rings is 2. The molecule has 0 unspecified atom stereocenters. The molecule has 3 aromatic rings. The van der Waals surface area contributed by atoms with Crippen LogP contribution in [0.15, 0.2) is 59.1 Å². The third-order valence-corrected chi connectivity index (χ3v) is 5.47. The van der Waals surface area contributed by atoms with Gasteiger partial charge in [-0.3, -0.25) is 4.79 Å². The number of likely N-dealkylation sites (tertiary alicyclic amines) is 1. The Morgan fingerprint density at radius 3 is 2.83 bits per heavy atom. The Morgan fingerprint density at radius 2 is 2.00 bits per heavy atom. The summed E-state index contributed by atoms with van der Waals surface area (Å²) in [6, 6.07) is 15.0. The topological polar surface area (TPSA) is 64.8 Å². The predicted octanol–water partition coefficient (Wildman–Crippen LogP) is 4.65. The summed E-state index contributed by atoms with van der Waals surface area (Å²) in [6.07, 6.45) is 5.22. The number of methoxy groups -OCH3 is 2. The molecule has 2 heterocycles. The minimum absolute atomic E-state index is 0.0512. The van der Waals surface area contributed by atoms with E-state index in [0.29, 0.717) is 30.2 Å². The van der Waals surface area contributed by atoms with Gasteiger partial charge in [-0.05, 0) is 49.1 Å². The maximum atomic E-state index is 13.3. The summed E-state index contributed by atoms with van der Waals surface area (Å²) >= 11 is 0. The van der Waals surface area contributed by atoms with E-state index in [1.807, 2.05) is 47.4 Å². The highest BCUT2D eigenvalue weighted by Gasteiger charge is 2.33. The number of nitrogens with zero attached hydrogens (tertiary/aromatic N) is 2. The lowest BCUT2D eigenvalue weighted by molar-refractivity contribution is 0.0566. The molecule has 1 amide bonds. The number of hydrogen-bond donors (Lipinski definition) is 0. The van der Waals surface area contributed by atoms with Crippen LogP contribution in [0.5, 0.6) is 11.5 Å². The highest BCUT2D eigenvalue weighted by molar-refractivity contribution is 5.97. The summed E-state index contributed by atoms with van der Waals surface area (Å²) in [5.74, 6) is 2.71. The van der Waals surface area contributed by atoms with E-state index in [1.54, 1.807) is 26.5 Å². The van der Waals surface area contributed by atoms with Crippen molar-refractivity contribution >= 4 is 5.91 Å². The smallest absolute Gasteiger partial charge is 0.258 e. The molecule has 0 spiro atoms. The highest BCUT2D eigenvalue weighted by Crippen LogP contribution is 2.33. The average molecular weight is 406 g/mol. The Hall–Kier alpha value is -3.28. The van der Waals surface area contributed by atoms with E-state index in [0.717, 1.165) is 36.3 Å². The lowest BCUT2D eigenvalue weighted by atomic mass is 10.0. The summed E-state index contributed by atoms with van der Waals surface area (Å²) in [6.45, 7) is 0.676. The lowest BCUT2D eigenvalue weighted by Crippen LogP contribution is -2.38. The number of carbonyl (C=O) groups is 1. The zero-order valence-corrected chi connectivity index (χ0v) is 17.3. The number of ether oxygens (including phenoxy) is 2. The fourth-order valence-corrected chi connectivity index (χ4v) is 3.95. The van der Waals surface area contributed by atoms with Gasteiger partial charge in [0.05, 0.1) is 26.0 Å². The monoisotopic (exact) mass is 406 g/mol. The minimum Gasteiger partial charge on any atom is -0.497 e. The number of rotatable bonds is 6. The molecule has 156 valence electrons. The number of oxazole rings is 1. The molecule has 1 aromatic heterocycles. The molecular formula is C24H26N2O4. The van der Waals surface area contributed by atoms with Crippen LogP contribution in [0.1, 0.15) is 52.9 Å². The molecule has 1 aliphatic heterocycles. The molecule has 1 fully saturated rings. The van der Waals surface area contributed by atoms with Gasteiger partial charge in [-0.1, -0.05) is 24.3 Å². The Labute approximate surface area is 176 Å². The van der Waals surface area contributed by atoms with E-state index in [-0.39, 0.29) is 11.9 Å². The van der Waals surface area contributed by atoms with Crippen LogP contribution in [-0.2, 0) is 6.42 Å². The molecule has 0 bridgehead atoms. The van der Waals surface area contributed by atoms with Crippen LogP contribution in [0.3, 0.4) is 0 Å². The molecule has 2 aromatic carbocycles. The Morgan fingerprint density at radius 1 is 1.13 bits per heavy atom. The van der Waals surface area contributed by atoms with Crippen LogP contribution in [-0.4, -0.2) is 36.6 Å². The van der Waals surface area contributed by atoms with Crippen LogP contribution in [0, 0.1) is 0 Å². The number of aromatic nitrogens is 1. The fraction of sp³-hybridized carbons (Fsp3) is 0.333. The van der Waals surface area contributed by atoms with Crippen molar-refractivity contribution < 1.29 is 18.7 Å². The van der Waals surface area contributed by atoms with Crippen LogP contribution in [0.2, 0.25) is 0 Å². The zero-order chi connectivity index (χ0) is 20.9. The normalized spacial score (nSPS) is 16.3. The van der Waals surface area contributed by atoms with Crippen molar-refractivity contribution in [3.05, 3.63) is 77.5 Å². The molecule has 30 heavy (non-hydrogen) atoms. The van der Waals surface area contributed by atoms with Crippen molar-refractivity contribution in [2.24, 2.45) is 0 Å². The SMILES string of the molecule is COc1cccc(Cc2cnc([C@H]3CCCCN3C(=O)c3ccccc3OC)o2)c1. The number of para-hydroxylation sites is 1. The summed E-state index contributed by atoms with van der Waals surface area (Å²) in [5, 5.41) is 0. The molecule has 4 rings (SSSR count). The third kappa shape index (κ3) is 4.17. The number of piperidine rings is 1. The maximum absolute atomic E-state index is 13.3. The quantitative estimate of drug-likeness (QED) is 0.596. The highest BCUT2D eigenvalue weighted by atomic mass is 16.5. The molecule has 0 saturated carbocycles. The summed E-state index contributed by atoms with van der Waals surface area (Å²) in [4.78, 5) is 19.7. The van der Waals surface area contributed by atoms with Gasteiger partial charge in [0.1, 0.15) is 23.3 Å².